The van der Waals surface area contributed by atoms with E-state index in [0.717, 1.165) is 12.5 Å². The van der Waals surface area contributed by atoms with E-state index in [-0.39, 0.29) is 0 Å². The minimum atomic E-state index is 0.741. The summed E-state index contributed by atoms with van der Waals surface area (Å²) in [7, 11) is 1.79. The van der Waals surface area contributed by atoms with Crippen LogP contribution >= 0.6 is 0 Å². The van der Waals surface area contributed by atoms with Crippen molar-refractivity contribution in [2.24, 2.45) is 5.92 Å². The molecule has 0 aliphatic rings. The summed E-state index contributed by atoms with van der Waals surface area (Å²) < 4.78 is 5.18. The van der Waals surface area contributed by atoms with Gasteiger partial charge in [-0.3, -0.25) is 0 Å². The average molecular weight is 231 g/mol. The molecule has 0 radical (unpaired) electrons. The minimum absolute atomic E-state index is 0.741. The Bertz CT molecular complexity index is 113. The van der Waals surface area contributed by atoms with Crippen LogP contribution in [0.5, 0.6) is 0 Å². The van der Waals surface area contributed by atoms with Gasteiger partial charge in [0.25, 0.3) is 0 Å². The van der Waals surface area contributed by atoms with Crippen molar-refractivity contribution < 1.29 is 4.74 Å². The summed E-state index contributed by atoms with van der Waals surface area (Å²) in [6.07, 6.45) is 3.75. The summed E-state index contributed by atoms with van der Waals surface area (Å²) in [5.41, 5.74) is 0. The van der Waals surface area contributed by atoms with Crippen LogP contribution in [0.25, 0.3) is 0 Å². The number of rotatable bonds is 8. The molecule has 0 bridgehead atoms. The van der Waals surface area contributed by atoms with Crippen LogP contribution in [-0.4, -0.2) is 38.3 Å². The van der Waals surface area contributed by atoms with Crippen molar-refractivity contribution in [3.05, 3.63) is 0 Å². The van der Waals surface area contributed by atoms with Crippen molar-refractivity contribution >= 4 is 0 Å². The maximum absolute atomic E-state index is 5.18. The molecule has 2 heteroatoms. The predicted octanol–water partition coefficient (Wildman–Crippen LogP) is 3.81. The lowest BCUT2D eigenvalue weighted by molar-refractivity contribution is 0.136. The van der Waals surface area contributed by atoms with E-state index in [4.69, 9.17) is 4.74 Å². The molecule has 0 N–H and O–H groups in total. The van der Waals surface area contributed by atoms with Gasteiger partial charge in [0.2, 0.25) is 0 Å². The van der Waals surface area contributed by atoms with Crippen molar-refractivity contribution in [2.45, 2.75) is 53.9 Å². The fourth-order valence-corrected chi connectivity index (χ4v) is 1.55. The van der Waals surface area contributed by atoms with E-state index in [1.807, 2.05) is 0 Å². The van der Waals surface area contributed by atoms with E-state index in [9.17, 15) is 0 Å². The third kappa shape index (κ3) is 12.0. The molecule has 1 atom stereocenters. The highest BCUT2D eigenvalue weighted by molar-refractivity contribution is 4.60. The molecule has 0 aromatic rings. The highest BCUT2D eigenvalue weighted by Crippen LogP contribution is 2.09. The Hall–Kier alpha value is -0.0800. The lowest BCUT2D eigenvalue weighted by Gasteiger charge is -2.21. The second-order valence-electron chi connectivity index (χ2n) is 4.25. The summed E-state index contributed by atoms with van der Waals surface area (Å²) in [4.78, 5) is 2.47. The smallest absolute Gasteiger partial charge is 0.0490 e. The lowest BCUT2D eigenvalue weighted by atomic mass is 10.0. The number of ether oxygens (including phenoxy) is 1. The van der Waals surface area contributed by atoms with Crippen LogP contribution in [0.1, 0.15) is 53.9 Å². The summed E-state index contributed by atoms with van der Waals surface area (Å²) in [5, 5.41) is 0. The molecule has 16 heavy (non-hydrogen) atoms. The number of hydrogen-bond donors (Lipinski definition) is 0. The Morgan fingerprint density at radius 2 is 1.50 bits per heavy atom. The zero-order chi connectivity index (χ0) is 12.8. The molecule has 0 spiro atoms. The SMILES string of the molecule is CCC.CCC(CCN(CC)CC)COC. The van der Waals surface area contributed by atoms with E-state index < -0.39 is 0 Å². The molecule has 0 saturated heterocycles. The van der Waals surface area contributed by atoms with Gasteiger partial charge in [0.15, 0.2) is 0 Å². The molecule has 0 amide bonds. The molecule has 0 saturated carbocycles. The van der Waals surface area contributed by atoms with E-state index in [1.165, 1.54) is 38.9 Å². The zero-order valence-corrected chi connectivity index (χ0v) is 12.4. The fraction of sp³-hybridized carbons (Fsp3) is 1.00. The Labute approximate surface area is 103 Å². The van der Waals surface area contributed by atoms with E-state index in [1.54, 1.807) is 7.11 Å². The van der Waals surface area contributed by atoms with Crippen LogP contribution in [0.4, 0.5) is 0 Å². The van der Waals surface area contributed by atoms with Crippen LogP contribution in [0.3, 0.4) is 0 Å². The standard InChI is InChI=1S/C11H25NO.C3H8/c1-5-11(10-13-4)8-9-12(6-2)7-3;1-3-2/h11H,5-10H2,1-4H3;3H2,1-2H3. The zero-order valence-electron chi connectivity index (χ0n) is 12.4. The summed E-state index contributed by atoms with van der Waals surface area (Å²) >= 11 is 0. The van der Waals surface area contributed by atoms with Crippen molar-refractivity contribution in [1.82, 2.24) is 4.90 Å². The van der Waals surface area contributed by atoms with E-state index >= 15 is 0 Å². The molecule has 100 valence electrons. The van der Waals surface area contributed by atoms with E-state index in [2.05, 4.69) is 39.5 Å². The topological polar surface area (TPSA) is 12.5 Å². The third-order valence-corrected chi connectivity index (χ3v) is 2.73. The largest absolute Gasteiger partial charge is 0.384 e. The second kappa shape index (κ2) is 14.9. The van der Waals surface area contributed by atoms with Gasteiger partial charge in [-0.25, -0.2) is 0 Å². The van der Waals surface area contributed by atoms with Crippen molar-refractivity contribution in [1.29, 1.82) is 0 Å². The Kier molecular flexibility index (Phi) is 17.1. The predicted molar refractivity (Wildman–Crippen MR) is 74.0 cm³/mol. The quantitative estimate of drug-likeness (QED) is 0.630. The van der Waals surface area contributed by atoms with Gasteiger partial charge in [0.1, 0.15) is 0 Å². The number of methoxy groups -OCH3 is 1. The number of nitrogens with zero attached hydrogens (tertiary/aromatic N) is 1. The molecular formula is C14H33NO. The molecule has 0 aliphatic carbocycles. The highest BCUT2D eigenvalue weighted by atomic mass is 16.5. The molecule has 0 aromatic heterocycles. The van der Waals surface area contributed by atoms with E-state index in [0.29, 0.717) is 0 Å². The van der Waals surface area contributed by atoms with Gasteiger partial charge in [-0.15, -0.1) is 0 Å². The lowest BCUT2D eigenvalue weighted by Crippen LogP contribution is -2.26. The van der Waals surface area contributed by atoms with Gasteiger partial charge in [-0.05, 0) is 32.0 Å². The maximum atomic E-state index is 5.18. The van der Waals surface area contributed by atoms with Gasteiger partial charge in [-0.1, -0.05) is 47.5 Å². The van der Waals surface area contributed by atoms with Crippen LogP contribution < -0.4 is 0 Å². The molecule has 0 rings (SSSR count). The first-order valence-corrected chi connectivity index (χ1v) is 6.91. The minimum Gasteiger partial charge on any atom is -0.384 e. The Morgan fingerprint density at radius 3 is 1.81 bits per heavy atom. The summed E-state index contributed by atoms with van der Waals surface area (Å²) in [6.45, 7) is 15.4. The first-order valence-electron chi connectivity index (χ1n) is 6.91. The Balaban J connectivity index is 0. The van der Waals surface area contributed by atoms with Crippen LogP contribution in [0, 0.1) is 5.92 Å². The second-order valence-corrected chi connectivity index (χ2v) is 4.25. The van der Waals surface area contributed by atoms with Crippen LogP contribution in [0.2, 0.25) is 0 Å². The molecule has 0 aliphatic heterocycles. The van der Waals surface area contributed by atoms with Gasteiger partial charge in [-0.2, -0.15) is 0 Å². The average Bonchev–Trinajstić information content (AvgIpc) is 2.30. The van der Waals surface area contributed by atoms with Gasteiger partial charge < -0.3 is 9.64 Å². The van der Waals surface area contributed by atoms with Crippen LogP contribution in [0.15, 0.2) is 0 Å². The molecule has 0 aromatic carbocycles. The molecule has 2 nitrogen and oxygen atoms in total. The monoisotopic (exact) mass is 231 g/mol. The van der Waals surface area contributed by atoms with Gasteiger partial charge in [0.05, 0.1) is 0 Å². The molecule has 0 heterocycles. The van der Waals surface area contributed by atoms with Crippen molar-refractivity contribution in [2.75, 3.05) is 33.4 Å². The molecular weight excluding hydrogens is 198 g/mol. The summed E-state index contributed by atoms with van der Waals surface area (Å²) in [6, 6.07) is 0. The maximum Gasteiger partial charge on any atom is 0.0490 e. The van der Waals surface area contributed by atoms with Crippen molar-refractivity contribution in [3.63, 3.8) is 0 Å². The third-order valence-electron chi connectivity index (χ3n) is 2.73. The fourth-order valence-electron chi connectivity index (χ4n) is 1.55. The van der Waals surface area contributed by atoms with Gasteiger partial charge in [0, 0.05) is 13.7 Å². The summed E-state index contributed by atoms with van der Waals surface area (Å²) in [5.74, 6) is 0.741. The molecule has 1 unspecified atom stereocenters. The van der Waals surface area contributed by atoms with Gasteiger partial charge >= 0.3 is 0 Å². The molecule has 0 fully saturated rings. The highest BCUT2D eigenvalue weighted by Gasteiger charge is 2.07. The Morgan fingerprint density at radius 1 is 1.00 bits per heavy atom. The first-order chi connectivity index (χ1) is 7.69. The van der Waals surface area contributed by atoms with Crippen LogP contribution in [-0.2, 0) is 4.74 Å². The van der Waals surface area contributed by atoms with Crippen molar-refractivity contribution in [3.8, 4) is 0 Å². The normalized spacial score (nSPS) is 12.2. The number of hydrogen-bond acceptors (Lipinski definition) is 2. The first kappa shape index (κ1) is 18.3.